The van der Waals surface area contributed by atoms with Crippen LogP contribution in [-0.2, 0) is 9.53 Å². The Morgan fingerprint density at radius 1 is 1.36 bits per heavy atom. The lowest BCUT2D eigenvalue weighted by Gasteiger charge is -2.28. The van der Waals surface area contributed by atoms with Crippen LogP contribution in [0.25, 0.3) is 0 Å². The molecule has 0 unspecified atom stereocenters. The van der Waals surface area contributed by atoms with Crippen LogP contribution in [0.5, 0.6) is 0 Å². The van der Waals surface area contributed by atoms with Crippen LogP contribution in [0.1, 0.15) is 45.0 Å². The van der Waals surface area contributed by atoms with E-state index in [1.807, 2.05) is 13.8 Å². The van der Waals surface area contributed by atoms with E-state index in [0.29, 0.717) is 36.1 Å². The quantitative estimate of drug-likeness (QED) is 0.566. The molecule has 136 valence electrons. The number of nitrogens with one attached hydrogen (secondary N) is 2. The summed E-state index contributed by atoms with van der Waals surface area (Å²) in [6, 6.07) is -0.163. The van der Waals surface area contributed by atoms with Gasteiger partial charge in [-0.2, -0.15) is 0 Å². The van der Waals surface area contributed by atoms with Gasteiger partial charge in [0.05, 0.1) is 18.2 Å². The summed E-state index contributed by atoms with van der Waals surface area (Å²) in [5.74, 6) is 0.936. The number of rotatable bonds is 7. The molecular formula is C16H23N5O3S. The number of amides is 2. The maximum Gasteiger partial charge on any atom is 0.337 e. The predicted molar refractivity (Wildman–Crippen MR) is 93.2 cm³/mol. The van der Waals surface area contributed by atoms with Crippen molar-refractivity contribution >= 4 is 23.8 Å². The molecule has 2 N–H and O–H groups in total. The van der Waals surface area contributed by atoms with Gasteiger partial charge in [0.15, 0.2) is 5.16 Å². The number of aryl methyl sites for hydroxylation is 1. The topological polar surface area (TPSA) is 98.1 Å². The van der Waals surface area contributed by atoms with Crippen molar-refractivity contribution in [3.63, 3.8) is 0 Å². The van der Waals surface area contributed by atoms with E-state index in [1.54, 1.807) is 6.92 Å². The van der Waals surface area contributed by atoms with Crippen molar-refractivity contribution in [3.05, 3.63) is 17.1 Å². The first-order valence-electron chi connectivity index (χ1n) is 8.57. The van der Waals surface area contributed by atoms with Gasteiger partial charge in [-0.25, -0.2) is 9.59 Å². The molecule has 9 heteroatoms. The van der Waals surface area contributed by atoms with Gasteiger partial charge >= 0.3 is 12.0 Å². The van der Waals surface area contributed by atoms with Gasteiger partial charge in [0, 0.05) is 17.5 Å². The maximum atomic E-state index is 12.4. The van der Waals surface area contributed by atoms with Crippen LogP contribution >= 0.6 is 11.8 Å². The number of ether oxygens (including phenoxy) is 1. The molecule has 2 amide bonds. The normalized spacial score (nSPS) is 20.3. The van der Waals surface area contributed by atoms with E-state index < -0.39 is 5.97 Å². The molecule has 0 bridgehead atoms. The van der Waals surface area contributed by atoms with Gasteiger partial charge in [-0.15, -0.1) is 10.2 Å². The van der Waals surface area contributed by atoms with Crippen LogP contribution in [0.3, 0.4) is 0 Å². The number of esters is 1. The fraction of sp³-hybridized carbons (Fsp3) is 0.625. The van der Waals surface area contributed by atoms with Crippen LogP contribution < -0.4 is 10.6 Å². The lowest BCUT2D eigenvalue weighted by Crippen LogP contribution is -2.50. The summed E-state index contributed by atoms with van der Waals surface area (Å²) in [5.41, 5.74) is 1.08. The summed E-state index contributed by atoms with van der Waals surface area (Å²) < 4.78 is 7.31. The zero-order chi connectivity index (χ0) is 18.0. The second kappa shape index (κ2) is 7.47. The number of carbonyl (C=O) groups excluding carboxylic acids is 2. The highest BCUT2D eigenvalue weighted by Crippen LogP contribution is 2.38. The minimum atomic E-state index is -0.391. The van der Waals surface area contributed by atoms with Crippen LogP contribution in [0.2, 0.25) is 0 Å². The first-order chi connectivity index (χ1) is 12.0. The summed E-state index contributed by atoms with van der Waals surface area (Å²) in [6.07, 6.45) is 2.90. The van der Waals surface area contributed by atoms with Crippen molar-refractivity contribution in [2.75, 3.05) is 12.4 Å². The Bertz CT molecular complexity index is 711. The molecule has 1 aliphatic heterocycles. The van der Waals surface area contributed by atoms with Gasteiger partial charge in [0.1, 0.15) is 5.82 Å². The van der Waals surface area contributed by atoms with Gasteiger partial charge in [-0.1, -0.05) is 18.7 Å². The number of aromatic nitrogens is 3. The predicted octanol–water partition coefficient (Wildman–Crippen LogP) is 1.92. The highest BCUT2D eigenvalue weighted by atomic mass is 32.2. The van der Waals surface area contributed by atoms with Crippen molar-refractivity contribution in [2.24, 2.45) is 0 Å². The third kappa shape index (κ3) is 3.81. The van der Waals surface area contributed by atoms with Gasteiger partial charge in [0.2, 0.25) is 0 Å². The molecule has 1 fully saturated rings. The van der Waals surface area contributed by atoms with Crippen LogP contribution in [-0.4, -0.2) is 45.2 Å². The molecular weight excluding hydrogens is 342 g/mol. The molecule has 8 nitrogen and oxygen atoms in total. The zero-order valence-electron chi connectivity index (χ0n) is 14.7. The second-order valence-corrected chi connectivity index (χ2v) is 7.03. The Labute approximate surface area is 150 Å². The molecule has 1 aromatic heterocycles. The van der Waals surface area contributed by atoms with Crippen molar-refractivity contribution in [1.29, 1.82) is 0 Å². The molecule has 0 spiro atoms. The molecule has 25 heavy (non-hydrogen) atoms. The summed E-state index contributed by atoms with van der Waals surface area (Å²) in [4.78, 5) is 24.3. The van der Waals surface area contributed by atoms with E-state index in [2.05, 4.69) is 25.4 Å². The molecule has 1 saturated carbocycles. The monoisotopic (exact) mass is 365 g/mol. The number of urea groups is 1. The molecule has 1 atom stereocenters. The first kappa shape index (κ1) is 17.8. The number of hydrogen-bond acceptors (Lipinski definition) is 6. The van der Waals surface area contributed by atoms with E-state index in [0.717, 1.165) is 23.8 Å². The highest BCUT2D eigenvalue weighted by Gasteiger charge is 2.32. The van der Waals surface area contributed by atoms with E-state index in [4.69, 9.17) is 4.74 Å². The molecule has 1 aliphatic carbocycles. The number of nitrogens with zero attached hydrogens (tertiary/aromatic N) is 3. The number of hydrogen-bond donors (Lipinski definition) is 2. The van der Waals surface area contributed by atoms with Gasteiger partial charge in [-0.3, -0.25) is 0 Å². The van der Waals surface area contributed by atoms with Crippen LogP contribution in [0.4, 0.5) is 4.79 Å². The highest BCUT2D eigenvalue weighted by molar-refractivity contribution is 7.99. The standard InChI is InChI=1S/C16H23N5O3S/c1-4-11-13(14(22)24-5-2)12(18-15(23)17-11)8-25-16-20-19-9(3)21(16)10-6-7-10/h10-11H,4-8H2,1-3H3,(H2,17,18,23)/t11-/m1/s1. The van der Waals surface area contributed by atoms with E-state index in [1.165, 1.54) is 11.8 Å². The third-order valence-electron chi connectivity index (χ3n) is 4.24. The number of carbonyl (C=O) groups is 2. The fourth-order valence-corrected chi connectivity index (χ4v) is 3.93. The smallest absolute Gasteiger partial charge is 0.337 e. The number of thioether (sulfide) groups is 1. The van der Waals surface area contributed by atoms with Crippen molar-refractivity contribution < 1.29 is 14.3 Å². The van der Waals surface area contributed by atoms with E-state index >= 15 is 0 Å². The van der Waals surface area contributed by atoms with Gasteiger partial charge in [0.25, 0.3) is 0 Å². The fourth-order valence-electron chi connectivity index (χ4n) is 2.91. The van der Waals surface area contributed by atoms with Crippen LogP contribution in [0.15, 0.2) is 16.4 Å². The van der Waals surface area contributed by atoms with E-state index in [-0.39, 0.29) is 12.1 Å². The molecule has 0 aromatic carbocycles. The average molecular weight is 365 g/mol. The Hall–Kier alpha value is -2.03. The Kier molecular flexibility index (Phi) is 5.31. The minimum absolute atomic E-state index is 0.294. The summed E-state index contributed by atoms with van der Waals surface area (Å²) in [7, 11) is 0. The summed E-state index contributed by atoms with van der Waals surface area (Å²) in [5, 5.41) is 14.7. The SMILES string of the molecule is CCOC(=O)C1=C(CSc2nnc(C)n2C2CC2)NC(=O)N[C@@H]1CC. The molecule has 1 aromatic rings. The Morgan fingerprint density at radius 2 is 2.12 bits per heavy atom. The van der Waals surface area contributed by atoms with Crippen molar-refractivity contribution in [3.8, 4) is 0 Å². The van der Waals surface area contributed by atoms with Crippen molar-refractivity contribution in [2.45, 2.75) is 57.3 Å². The largest absolute Gasteiger partial charge is 0.463 e. The summed E-state index contributed by atoms with van der Waals surface area (Å²) >= 11 is 1.48. The second-order valence-electron chi connectivity index (χ2n) is 6.09. The van der Waals surface area contributed by atoms with Crippen molar-refractivity contribution in [1.82, 2.24) is 25.4 Å². The van der Waals surface area contributed by atoms with Crippen LogP contribution in [0, 0.1) is 6.92 Å². The third-order valence-corrected chi connectivity index (χ3v) is 5.21. The molecule has 2 aliphatic rings. The van der Waals surface area contributed by atoms with Gasteiger partial charge in [-0.05, 0) is 33.1 Å². The summed E-state index contributed by atoms with van der Waals surface area (Å²) in [6.45, 7) is 5.93. The molecule has 0 saturated heterocycles. The average Bonchev–Trinajstić information content (AvgIpc) is 3.35. The maximum absolute atomic E-state index is 12.4. The Morgan fingerprint density at radius 3 is 2.76 bits per heavy atom. The zero-order valence-corrected chi connectivity index (χ0v) is 15.5. The lowest BCUT2D eigenvalue weighted by molar-refractivity contribution is -0.139. The first-order valence-corrected chi connectivity index (χ1v) is 9.55. The lowest BCUT2D eigenvalue weighted by atomic mass is 10.0. The molecule has 0 radical (unpaired) electrons. The Balaban J connectivity index is 1.83. The molecule has 3 rings (SSSR count). The van der Waals surface area contributed by atoms with E-state index in [9.17, 15) is 9.59 Å². The van der Waals surface area contributed by atoms with Gasteiger partial charge < -0.3 is 19.9 Å². The minimum Gasteiger partial charge on any atom is -0.463 e. The molecule has 2 heterocycles.